The number of piperazine rings is 1. The van der Waals surface area contributed by atoms with Gasteiger partial charge in [0, 0.05) is 51.5 Å². The van der Waals surface area contributed by atoms with Crippen LogP contribution in [0.15, 0.2) is 12.3 Å². The second-order valence-electron chi connectivity index (χ2n) is 6.75. The predicted octanol–water partition coefficient (Wildman–Crippen LogP) is 0.997. The highest BCUT2D eigenvalue weighted by Gasteiger charge is 2.30. The summed E-state index contributed by atoms with van der Waals surface area (Å²) in [6.45, 7) is 10.0. The molecule has 1 atom stereocenters. The van der Waals surface area contributed by atoms with Crippen molar-refractivity contribution in [3.8, 4) is 5.88 Å². The Morgan fingerprint density at radius 1 is 1.32 bits per heavy atom. The van der Waals surface area contributed by atoms with E-state index in [1.54, 1.807) is 19.4 Å². The maximum absolute atomic E-state index is 5.19. The smallest absolute Gasteiger partial charge is 0.228 e. The minimum atomic E-state index is 0.423. The molecule has 122 valence electrons. The summed E-state index contributed by atoms with van der Waals surface area (Å²) in [5.74, 6) is 1.41. The quantitative estimate of drug-likeness (QED) is 0.895. The van der Waals surface area contributed by atoms with Gasteiger partial charge in [-0.1, -0.05) is 6.92 Å². The van der Waals surface area contributed by atoms with E-state index in [1.165, 1.54) is 25.9 Å². The lowest BCUT2D eigenvalue weighted by atomic mass is 9.82. The summed E-state index contributed by atoms with van der Waals surface area (Å²) in [7, 11) is 1.64. The van der Waals surface area contributed by atoms with Crippen LogP contribution in [-0.4, -0.2) is 67.8 Å². The normalized spacial score (nSPS) is 26.9. The van der Waals surface area contributed by atoms with Gasteiger partial charge in [-0.3, -0.25) is 4.90 Å². The van der Waals surface area contributed by atoms with Gasteiger partial charge in [-0.2, -0.15) is 4.98 Å². The van der Waals surface area contributed by atoms with E-state index in [-0.39, 0.29) is 0 Å². The van der Waals surface area contributed by atoms with Crippen molar-refractivity contribution >= 4 is 5.95 Å². The van der Waals surface area contributed by atoms with E-state index in [0.29, 0.717) is 11.3 Å². The molecular formula is C16H27N5O. The molecule has 2 aliphatic rings. The summed E-state index contributed by atoms with van der Waals surface area (Å²) in [5, 5.41) is 3.54. The number of hydrogen-bond acceptors (Lipinski definition) is 6. The molecule has 0 saturated carbocycles. The maximum atomic E-state index is 5.19. The van der Waals surface area contributed by atoms with Gasteiger partial charge in [0.05, 0.1) is 7.11 Å². The zero-order valence-corrected chi connectivity index (χ0v) is 13.7. The van der Waals surface area contributed by atoms with E-state index in [1.807, 2.05) is 0 Å². The third kappa shape index (κ3) is 3.67. The fraction of sp³-hybridized carbons (Fsp3) is 0.750. The molecule has 0 aromatic carbocycles. The minimum absolute atomic E-state index is 0.423. The van der Waals surface area contributed by atoms with Gasteiger partial charge >= 0.3 is 0 Å². The zero-order valence-electron chi connectivity index (χ0n) is 13.7. The number of piperidine rings is 1. The van der Waals surface area contributed by atoms with E-state index in [2.05, 4.69) is 32.0 Å². The second kappa shape index (κ2) is 6.79. The Bertz CT molecular complexity index is 481. The molecule has 0 spiro atoms. The van der Waals surface area contributed by atoms with Crippen LogP contribution in [0.25, 0.3) is 0 Å². The average molecular weight is 305 g/mol. The molecular weight excluding hydrogens is 278 g/mol. The Kier molecular flexibility index (Phi) is 4.78. The Labute approximate surface area is 132 Å². The van der Waals surface area contributed by atoms with Gasteiger partial charge < -0.3 is 15.0 Å². The predicted molar refractivity (Wildman–Crippen MR) is 87.4 cm³/mol. The summed E-state index contributed by atoms with van der Waals surface area (Å²) >= 11 is 0. The van der Waals surface area contributed by atoms with Crippen molar-refractivity contribution in [2.24, 2.45) is 5.41 Å². The lowest BCUT2D eigenvalue weighted by Crippen LogP contribution is -2.52. The van der Waals surface area contributed by atoms with Crippen LogP contribution in [-0.2, 0) is 0 Å². The fourth-order valence-corrected chi connectivity index (χ4v) is 3.50. The molecule has 0 aliphatic carbocycles. The van der Waals surface area contributed by atoms with Crippen molar-refractivity contribution in [2.75, 3.05) is 57.8 Å². The number of hydrogen-bond donors (Lipinski definition) is 1. The summed E-state index contributed by atoms with van der Waals surface area (Å²) in [4.78, 5) is 13.6. The summed E-state index contributed by atoms with van der Waals surface area (Å²) in [5.41, 5.74) is 0.423. The highest BCUT2D eigenvalue weighted by molar-refractivity contribution is 5.32. The molecule has 1 N–H and O–H groups in total. The van der Waals surface area contributed by atoms with Crippen LogP contribution in [0.3, 0.4) is 0 Å². The van der Waals surface area contributed by atoms with Crippen LogP contribution in [0.5, 0.6) is 5.88 Å². The van der Waals surface area contributed by atoms with Crippen LogP contribution in [0.2, 0.25) is 0 Å². The number of ether oxygens (including phenoxy) is 1. The van der Waals surface area contributed by atoms with E-state index in [0.717, 1.165) is 38.7 Å². The topological polar surface area (TPSA) is 53.5 Å². The van der Waals surface area contributed by atoms with Crippen molar-refractivity contribution < 1.29 is 4.74 Å². The molecule has 0 radical (unpaired) electrons. The number of nitrogens with one attached hydrogen (secondary N) is 1. The molecule has 6 nitrogen and oxygen atoms in total. The molecule has 3 heterocycles. The largest absolute Gasteiger partial charge is 0.481 e. The first-order chi connectivity index (χ1) is 10.7. The summed E-state index contributed by atoms with van der Waals surface area (Å²) < 4.78 is 5.19. The summed E-state index contributed by atoms with van der Waals surface area (Å²) in [6, 6.07) is 1.79. The number of rotatable bonds is 4. The number of nitrogens with zero attached hydrogens (tertiary/aromatic N) is 4. The first-order valence-electron chi connectivity index (χ1n) is 8.24. The van der Waals surface area contributed by atoms with Gasteiger partial charge in [0.2, 0.25) is 11.8 Å². The molecule has 0 amide bonds. The Morgan fingerprint density at radius 3 is 2.82 bits per heavy atom. The highest BCUT2D eigenvalue weighted by atomic mass is 16.5. The molecule has 1 aromatic rings. The summed E-state index contributed by atoms with van der Waals surface area (Å²) in [6.07, 6.45) is 4.40. The van der Waals surface area contributed by atoms with Crippen LogP contribution < -0.4 is 15.0 Å². The first-order valence-corrected chi connectivity index (χ1v) is 8.24. The van der Waals surface area contributed by atoms with Crippen molar-refractivity contribution in [3.05, 3.63) is 12.3 Å². The molecule has 22 heavy (non-hydrogen) atoms. The lowest BCUT2D eigenvalue weighted by molar-refractivity contribution is 0.127. The minimum Gasteiger partial charge on any atom is -0.481 e. The third-order valence-corrected chi connectivity index (χ3v) is 4.77. The van der Waals surface area contributed by atoms with Crippen LogP contribution >= 0.6 is 0 Å². The first kappa shape index (κ1) is 15.5. The van der Waals surface area contributed by atoms with E-state index >= 15 is 0 Å². The lowest BCUT2D eigenvalue weighted by Gasteiger charge is -2.42. The molecule has 2 fully saturated rings. The molecule has 6 heteroatoms. The molecule has 1 aromatic heterocycles. The van der Waals surface area contributed by atoms with Crippen LogP contribution in [0.1, 0.15) is 19.8 Å². The van der Waals surface area contributed by atoms with E-state index in [9.17, 15) is 0 Å². The Hall–Kier alpha value is -1.40. The number of methoxy groups -OCH3 is 1. The Balaban J connectivity index is 1.53. The standard InChI is InChI=1S/C16H27N5O/c1-16(5-3-6-17-12-16)13-20-8-10-21(11-9-20)15-18-7-4-14(19-15)22-2/h4,7,17H,3,5-6,8-13H2,1-2H3. The van der Waals surface area contributed by atoms with Gasteiger partial charge in [-0.25, -0.2) is 4.98 Å². The molecule has 3 rings (SSSR count). The van der Waals surface area contributed by atoms with Crippen molar-refractivity contribution in [3.63, 3.8) is 0 Å². The molecule has 1 unspecified atom stereocenters. The fourth-order valence-electron chi connectivity index (χ4n) is 3.50. The van der Waals surface area contributed by atoms with Gasteiger partial charge in [-0.05, 0) is 24.8 Å². The van der Waals surface area contributed by atoms with E-state index in [4.69, 9.17) is 4.74 Å². The van der Waals surface area contributed by atoms with Gasteiger partial charge in [0.25, 0.3) is 0 Å². The SMILES string of the molecule is COc1ccnc(N2CCN(CC3(C)CCCNC3)CC2)n1. The molecule has 2 saturated heterocycles. The van der Waals surface area contributed by atoms with Gasteiger partial charge in [0.1, 0.15) is 0 Å². The average Bonchev–Trinajstić information content (AvgIpc) is 2.56. The number of anilines is 1. The van der Waals surface area contributed by atoms with E-state index < -0.39 is 0 Å². The van der Waals surface area contributed by atoms with Crippen LogP contribution in [0.4, 0.5) is 5.95 Å². The molecule has 0 bridgehead atoms. The van der Waals surface area contributed by atoms with Crippen molar-refractivity contribution in [1.82, 2.24) is 20.2 Å². The monoisotopic (exact) mass is 305 g/mol. The molecule has 2 aliphatic heterocycles. The zero-order chi connectivity index (χ0) is 15.4. The van der Waals surface area contributed by atoms with Gasteiger partial charge in [0.15, 0.2) is 0 Å². The Morgan fingerprint density at radius 2 is 2.14 bits per heavy atom. The maximum Gasteiger partial charge on any atom is 0.228 e. The number of aromatic nitrogens is 2. The third-order valence-electron chi connectivity index (χ3n) is 4.77. The van der Waals surface area contributed by atoms with Crippen LogP contribution in [0, 0.1) is 5.41 Å². The van der Waals surface area contributed by atoms with Gasteiger partial charge in [-0.15, -0.1) is 0 Å². The highest BCUT2D eigenvalue weighted by Crippen LogP contribution is 2.27. The van der Waals surface area contributed by atoms with Crippen molar-refractivity contribution in [2.45, 2.75) is 19.8 Å². The van der Waals surface area contributed by atoms with Crippen molar-refractivity contribution in [1.29, 1.82) is 0 Å². The second-order valence-corrected chi connectivity index (χ2v) is 6.75.